The Bertz CT molecular complexity index is 477. The lowest BCUT2D eigenvalue weighted by Gasteiger charge is -2.11. The maximum atomic E-state index is 11.5. The minimum atomic E-state index is 0.0142. The maximum absolute atomic E-state index is 11.5. The zero-order valence-corrected chi connectivity index (χ0v) is 15.1. The molecule has 0 unspecified atom stereocenters. The van der Waals surface area contributed by atoms with Crippen molar-refractivity contribution >= 4 is 23.6 Å². The van der Waals surface area contributed by atoms with Gasteiger partial charge in [0.05, 0.1) is 6.54 Å². The average Bonchev–Trinajstić information content (AvgIpc) is 2.55. The second-order valence-corrected chi connectivity index (χ2v) is 6.46. The first-order valence-corrected chi connectivity index (χ1v) is 9.09. The van der Waals surface area contributed by atoms with Crippen molar-refractivity contribution in [2.45, 2.75) is 25.7 Å². The van der Waals surface area contributed by atoms with E-state index >= 15 is 0 Å². The Balaban J connectivity index is 2.25. The summed E-state index contributed by atoms with van der Waals surface area (Å²) >= 11 is 1.81. The van der Waals surface area contributed by atoms with Gasteiger partial charge in [-0.1, -0.05) is 32.0 Å². The second kappa shape index (κ2) is 11.8. The molecule has 0 aliphatic heterocycles. The number of rotatable bonds is 9. The fourth-order valence-corrected chi connectivity index (χ4v) is 2.54. The van der Waals surface area contributed by atoms with Gasteiger partial charge in [0.1, 0.15) is 0 Å². The van der Waals surface area contributed by atoms with Crippen molar-refractivity contribution in [3.8, 4) is 0 Å². The highest BCUT2D eigenvalue weighted by molar-refractivity contribution is 7.99. The van der Waals surface area contributed by atoms with Crippen molar-refractivity contribution < 1.29 is 4.79 Å². The van der Waals surface area contributed by atoms with Crippen molar-refractivity contribution in [3.05, 3.63) is 30.3 Å². The Hall–Kier alpha value is -1.69. The Kier molecular flexibility index (Phi) is 9.95. The first kappa shape index (κ1) is 19.4. The minimum Gasteiger partial charge on any atom is -0.357 e. The lowest BCUT2D eigenvalue weighted by Crippen LogP contribution is -2.39. The van der Waals surface area contributed by atoms with Gasteiger partial charge >= 0.3 is 0 Å². The van der Waals surface area contributed by atoms with E-state index < -0.39 is 0 Å². The molecule has 0 fully saturated rings. The molecule has 0 aromatic heterocycles. The van der Waals surface area contributed by atoms with E-state index in [1.807, 2.05) is 50.7 Å². The molecule has 5 nitrogen and oxygen atoms in total. The van der Waals surface area contributed by atoms with Crippen LogP contribution in [0.3, 0.4) is 0 Å². The van der Waals surface area contributed by atoms with Gasteiger partial charge in [-0.05, 0) is 19.1 Å². The molecule has 1 aromatic carbocycles. The lowest BCUT2D eigenvalue weighted by atomic mass is 10.2. The van der Waals surface area contributed by atoms with Crippen molar-refractivity contribution in [1.29, 1.82) is 0 Å². The summed E-state index contributed by atoms with van der Waals surface area (Å²) in [7, 11) is 0. The van der Waals surface area contributed by atoms with Crippen LogP contribution in [-0.4, -0.2) is 43.8 Å². The number of thioether (sulfide) groups is 1. The van der Waals surface area contributed by atoms with Gasteiger partial charge in [-0.25, -0.2) is 0 Å². The number of benzene rings is 1. The maximum Gasteiger partial charge on any atom is 0.222 e. The third-order valence-corrected chi connectivity index (χ3v) is 3.97. The molecule has 1 aromatic rings. The molecule has 0 heterocycles. The number of nitrogens with one attached hydrogen (secondary N) is 3. The van der Waals surface area contributed by atoms with Gasteiger partial charge in [0.25, 0.3) is 0 Å². The molecule has 0 saturated heterocycles. The molecule has 0 saturated carbocycles. The highest BCUT2D eigenvalue weighted by Crippen LogP contribution is 2.15. The quantitative estimate of drug-likeness (QED) is 0.280. The number of carbonyl (C=O) groups is 1. The van der Waals surface area contributed by atoms with Crippen LogP contribution in [0, 0.1) is 5.92 Å². The third kappa shape index (κ3) is 9.13. The summed E-state index contributed by atoms with van der Waals surface area (Å²) in [5.41, 5.74) is 0. The van der Waals surface area contributed by atoms with Crippen molar-refractivity contribution in [1.82, 2.24) is 16.0 Å². The smallest absolute Gasteiger partial charge is 0.222 e. The van der Waals surface area contributed by atoms with Crippen LogP contribution in [0.15, 0.2) is 40.2 Å². The van der Waals surface area contributed by atoms with E-state index in [2.05, 4.69) is 33.1 Å². The number of hydrogen-bond acceptors (Lipinski definition) is 3. The van der Waals surface area contributed by atoms with Crippen LogP contribution in [0.1, 0.15) is 20.8 Å². The van der Waals surface area contributed by atoms with Crippen LogP contribution in [0.25, 0.3) is 0 Å². The van der Waals surface area contributed by atoms with Gasteiger partial charge in [-0.2, -0.15) is 0 Å². The standard InChI is InChI=1S/C17H28N4OS/c1-4-18-17(20-11-10-19-16(22)14(2)3)21-12-13-23-15-8-6-5-7-9-15/h5-9,14H,4,10-13H2,1-3H3,(H,19,22)(H2,18,20,21). The molecule has 128 valence electrons. The molecule has 0 aliphatic carbocycles. The Morgan fingerprint density at radius 1 is 1.13 bits per heavy atom. The molecule has 23 heavy (non-hydrogen) atoms. The van der Waals surface area contributed by atoms with E-state index in [4.69, 9.17) is 0 Å². The van der Waals surface area contributed by atoms with E-state index in [1.165, 1.54) is 4.90 Å². The lowest BCUT2D eigenvalue weighted by molar-refractivity contribution is -0.123. The summed E-state index contributed by atoms with van der Waals surface area (Å²) in [6.07, 6.45) is 0. The first-order chi connectivity index (χ1) is 11.1. The normalized spacial score (nSPS) is 11.4. The minimum absolute atomic E-state index is 0.0142. The molecule has 0 spiro atoms. The van der Waals surface area contributed by atoms with Crippen molar-refractivity contribution in [2.75, 3.05) is 31.9 Å². The first-order valence-electron chi connectivity index (χ1n) is 8.11. The summed E-state index contributed by atoms with van der Waals surface area (Å²) in [5.74, 6) is 1.84. The summed E-state index contributed by atoms with van der Waals surface area (Å²) in [6.45, 7) is 8.59. The number of aliphatic imine (C=N–C) groups is 1. The van der Waals surface area contributed by atoms with Crippen LogP contribution in [-0.2, 0) is 4.79 Å². The molecule has 1 rings (SSSR count). The van der Waals surface area contributed by atoms with Gasteiger partial charge in [0, 0.05) is 36.2 Å². The Morgan fingerprint density at radius 3 is 2.52 bits per heavy atom. The number of hydrogen-bond donors (Lipinski definition) is 3. The summed E-state index contributed by atoms with van der Waals surface area (Å²) in [4.78, 5) is 17.2. The van der Waals surface area contributed by atoms with Crippen molar-refractivity contribution in [2.24, 2.45) is 10.9 Å². The van der Waals surface area contributed by atoms with Crippen LogP contribution in [0.5, 0.6) is 0 Å². The summed E-state index contributed by atoms with van der Waals surface area (Å²) in [5, 5.41) is 9.38. The van der Waals surface area contributed by atoms with Crippen molar-refractivity contribution in [3.63, 3.8) is 0 Å². The van der Waals surface area contributed by atoms with E-state index in [0.717, 1.165) is 24.8 Å². The predicted octanol–water partition coefficient (Wildman–Crippen LogP) is 2.11. The molecule has 0 aliphatic rings. The highest BCUT2D eigenvalue weighted by atomic mass is 32.2. The van der Waals surface area contributed by atoms with E-state index in [1.54, 1.807) is 0 Å². The zero-order valence-electron chi connectivity index (χ0n) is 14.3. The molecule has 3 N–H and O–H groups in total. The number of guanidine groups is 1. The monoisotopic (exact) mass is 336 g/mol. The highest BCUT2D eigenvalue weighted by Gasteiger charge is 2.04. The van der Waals surface area contributed by atoms with Gasteiger partial charge in [-0.15, -0.1) is 11.8 Å². The largest absolute Gasteiger partial charge is 0.357 e. The van der Waals surface area contributed by atoms with Crippen LogP contribution < -0.4 is 16.0 Å². The molecule has 1 amide bonds. The van der Waals surface area contributed by atoms with Crippen LogP contribution in [0.4, 0.5) is 0 Å². The SMILES string of the molecule is CCNC(=NCCNC(=O)C(C)C)NCCSc1ccccc1. The summed E-state index contributed by atoms with van der Waals surface area (Å²) < 4.78 is 0. The topological polar surface area (TPSA) is 65.5 Å². The van der Waals surface area contributed by atoms with Gasteiger partial charge < -0.3 is 16.0 Å². The molecule has 0 radical (unpaired) electrons. The predicted molar refractivity (Wildman–Crippen MR) is 99.0 cm³/mol. The van der Waals surface area contributed by atoms with E-state index in [0.29, 0.717) is 13.1 Å². The number of carbonyl (C=O) groups excluding carboxylic acids is 1. The Morgan fingerprint density at radius 2 is 1.87 bits per heavy atom. The molecular weight excluding hydrogens is 308 g/mol. The van der Waals surface area contributed by atoms with Gasteiger partial charge in [-0.3, -0.25) is 9.79 Å². The molecule has 0 atom stereocenters. The molecule has 0 bridgehead atoms. The second-order valence-electron chi connectivity index (χ2n) is 5.29. The Labute approximate surface area is 143 Å². The third-order valence-electron chi connectivity index (χ3n) is 2.96. The average molecular weight is 337 g/mol. The fraction of sp³-hybridized carbons (Fsp3) is 0.529. The van der Waals surface area contributed by atoms with Crippen LogP contribution >= 0.6 is 11.8 Å². The van der Waals surface area contributed by atoms with Gasteiger partial charge in [0.2, 0.25) is 5.91 Å². The summed E-state index contributed by atoms with van der Waals surface area (Å²) in [6, 6.07) is 10.3. The van der Waals surface area contributed by atoms with E-state index in [9.17, 15) is 4.79 Å². The number of nitrogens with zero attached hydrogens (tertiary/aromatic N) is 1. The van der Waals surface area contributed by atoms with Gasteiger partial charge in [0.15, 0.2) is 5.96 Å². The fourth-order valence-electron chi connectivity index (χ4n) is 1.75. The van der Waals surface area contributed by atoms with E-state index in [-0.39, 0.29) is 11.8 Å². The molecule has 6 heteroatoms. The van der Waals surface area contributed by atoms with Crippen LogP contribution in [0.2, 0.25) is 0 Å². The molecular formula is C17H28N4OS. The zero-order chi connectivity index (χ0) is 16.9. The number of amides is 1.